The molecule has 6 atom stereocenters. The quantitative estimate of drug-likeness (QED) is 0.727. The van der Waals surface area contributed by atoms with Crippen molar-refractivity contribution in [3.05, 3.63) is 23.3 Å². The minimum atomic E-state index is -1.28. The van der Waals surface area contributed by atoms with Gasteiger partial charge in [0.2, 0.25) is 6.29 Å². The van der Waals surface area contributed by atoms with E-state index in [1.54, 1.807) is 6.08 Å². The second kappa shape index (κ2) is 5.53. The first-order chi connectivity index (χ1) is 11.8. The number of hydrogen-bond donors (Lipinski definition) is 1. The van der Waals surface area contributed by atoms with Crippen LogP contribution in [0.4, 0.5) is 0 Å². The Hall–Kier alpha value is -1.95. The number of ether oxygens (including phenoxy) is 2. The second-order valence-electron chi connectivity index (χ2n) is 7.81. The Morgan fingerprint density at radius 1 is 1.20 bits per heavy atom. The molecular formula is C19H22O6. The predicted octanol–water partition coefficient (Wildman–Crippen LogP) is 1.67. The SMILES string of the molecule is CC1=CC(=O)CC2C1CCC(C)C21CC(C2=CC(O)OC2=O)OC1=O. The highest BCUT2D eigenvalue weighted by atomic mass is 16.6. The fourth-order valence-corrected chi connectivity index (χ4v) is 5.34. The number of esters is 2. The smallest absolute Gasteiger partial charge is 0.340 e. The third-order valence-electron chi connectivity index (χ3n) is 6.62. The lowest BCUT2D eigenvalue weighted by molar-refractivity contribution is -0.158. The largest absolute Gasteiger partial charge is 0.457 e. The summed E-state index contributed by atoms with van der Waals surface area (Å²) < 4.78 is 10.3. The number of fused-ring (bicyclic) bond motifs is 2. The minimum Gasteiger partial charge on any atom is -0.457 e. The summed E-state index contributed by atoms with van der Waals surface area (Å²) in [7, 11) is 0. The van der Waals surface area contributed by atoms with Crippen molar-refractivity contribution < 1.29 is 29.0 Å². The molecule has 1 N–H and O–H groups in total. The molecule has 2 aliphatic heterocycles. The van der Waals surface area contributed by atoms with Gasteiger partial charge in [-0.05, 0) is 49.7 Å². The van der Waals surface area contributed by atoms with Crippen molar-refractivity contribution in [2.45, 2.75) is 51.9 Å². The Kier molecular flexibility index (Phi) is 3.65. The maximum Gasteiger partial charge on any atom is 0.340 e. The zero-order valence-corrected chi connectivity index (χ0v) is 14.4. The van der Waals surface area contributed by atoms with E-state index in [2.05, 4.69) is 0 Å². The summed E-state index contributed by atoms with van der Waals surface area (Å²) in [5.74, 6) is -0.716. The molecule has 0 radical (unpaired) electrons. The summed E-state index contributed by atoms with van der Waals surface area (Å²) in [5, 5.41) is 9.49. The molecule has 6 nitrogen and oxygen atoms in total. The lowest BCUT2D eigenvalue weighted by atomic mass is 9.52. The first kappa shape index (κ1) is 16.5. The van der Waals surface area contributed by atoms with Crippen LogP contribution in [0.2, 0.25) is 0 Å². The molecule has 6 unspecified atom stereocenters. The van der Waals surface area contributed by atoms with E-state index < -0.39 is 23.8 Å². The summed E-state index contributed by atoms with van der Waals surface area (Å²) in [4.78, 5) is 37.1. The topological polar surface area (TPSA) is 89.9 Å². The van der Waals surface area contributed by atoms with E-state index >= 15 is 0 Å². The summed E-state index contributed by atoms with van der Waals surface area (Å²) in [6.45, 7) is 4.00. The number of allylic oxidation sites excluding steroid dienone is 2. The highest BCUT2D eigenvalue weighted by Crippen LogP contribution is 2.59. The van der Waals surface area contributed by atoms with Crippen LogP contribution in [-0.4, -0.2) is 35.2 Å². The third kappa shape index (κ3) is 2.30. The maximum absolute atomic E-state index is 13.0. The summed E-state index contributed by atoms with van der Waals surface area (Å²) in [6.07, 6.45) is 3.58. The lowest BCUT2D eigenvalue weighted by Crippen LogP contribution is -2.50. The van der Waals surface area contributed by atoms with Crippen molar-refractivity contribution in [3.8, 4) is 0 Å². The molecule has 4 rings (SSSR count). The van der Waals surface area contributed by atoms with Crippen LogP contribution >= 0.6 is 0 Å². The van der Waals surface area contributed by atoms with Crippen molar-refractivity contribution in [2.24, 2.45) is 23.2 Å². The number of aliphatic hydroxyl groups is 1. The average molecular weight is 346 g/mol. The number of aliphatic hydroxyl groups excluding tert-OH is 1. The molecule has 6 heteroatoms. The fourth-order valence-electron chi connectivity index (χ4n) is 5.34. The zero-order chi connectivity index (χ0) is 17.9. The van der Waals surface area contributed by atoms with Crippen LogP contribution in [0.25, 0.3) is 0 Å². The molecule has 1 saturated heterocycles. The van der Waals surface area contributed by atoms with E-state index in [1.165, 1.54) is 6.08 Å². The number of hydrogen-bond acceptors (Lipinski definition) is 6. The molecule has 0 aromatic rings. The molecule has 2 heterocycles. The average Bonchev–Trinajstić information content (AvgIpc) is 3.04. The van der Waals surface area contributed by atoms with Gasteiger partial charge in [0.05, 0.1) is 11.0 Å². The van der Waals surface area contributed by atoms with E-state index in [1.807, 2.05) is 13.8 Å². The first-order valence-electron chi connectivity index (χ1n) is 8.86. The van der Waals surface area contributed by atoms with Crippen molar-refractivity contribution in [1.29, 1.82) is 0 Å². The van der Waals surface area contributed by atoms with Gasteiger partial charge < -0.3 is 14.6 Å². The van der Waals surface area contributed by atoms with Gasteiger partial charge in [-0.25, -0.2) is 4.79 Å². The van der Waals surface area contributed by atoms with E-state index in [9.17, 15) is 19.5 Å². The molecule has 4 aliphatic rings. The highest BCUT2D eigenvalue weighted by Gasteiger charge is 2.62. The molecule has 0 aromatic heterocycles. The number of carbonyl (C=O) groups excluding carboxylic acids is 3. The van der Waals surface area contributed by atoms with Crippen molar-refractivity contribution in [3.63, 3.8) is 0 Å². The number of carbonyl (C=O) groups is 3. The van der Waals surface area contributed by atoms with E-state index in [-0.39, 0.29) is 35.1 Å². The monoisotopic (exact) mass is 346 g/mol. The summed E-state index contributed by atoms with van der Waals surface area (Å²) in [5.41, 5.74) is 0.494. The van der Waals surface area contributed by atoms with E-state index in [4.69, 9.17) is 9.47 Å². The van der Waals surface area contributed by atoms with Crippen LogP contribution in [0.5, 0.6) is 0 Å². The Labute approximate surface area is 145 Å². The zero-order valence-electron chi connectivity index (χ0n) is 14.4. The van der Waals surface area contributed by atoms with Gasteiger partial charge in [-0.1, -0.05) is 12.5 Å². The van der Waals surface area contributed by atoms with Crippen LogP contribution in [0.3, 0.4) is 0 Å². The fraction of sp³-hybridized carbons (Fsp3) is 0.632. The van der Waals surface area contributed by atoms with Crippen molar-refractivity contribution >= 4 is 17.7 Å². The molecular weight excluding hydrogens is 324 g/mol. The standard InChI is InChI=1S/C19H22O6/c1-9-5-11(20)6-14-12(9)4-3-10(2)19(14)8-15(24-18(19)23)13-7-16(21)25-17(13)22/h5,7,10,12,14-16,21H,3-4,6,8H2,1-2H3. The molecule has 0 bridgehead atoms. The van der Waals surface area contributed by atoms with Gasteiger partial charge in [-0.15, -0.1) is 0 Å². The van der Waals surface area contributed by atoms with Gasteiger partial charge in [0.15, 0.2) is 5.78 Å². The van der Waals surface area contributed by atoms with Gasteiger partial charge in [-0.2, -0.15) is 0 Å². The third-order valence-corrected chi connectivity index (χ3v) is 6.62. The van der Waals surface area contributed by atoms with Crippen LogP contribution in [0, 0.1) is 23.2 Å². The molecule has 1 saturated carbocycles. The highest BCUT2D eigenvalue weighted by molar-refractivity contribution is 5.95. The van der Waals surface area contributed by atoms with Crippen LogP contribution in [-0.2, 0) is 23.9 Å². The van der Waals surface area contributed by atoms with E-state index in [0.717, 1.165) is 18.4 Å². The van der Waals surface area contributed by atoms with Gasteiger partial charge in [-0.3, -0.25) is 9.59 Å². The normalized spacial score (nSPS) is 43.5. The first-order valence-corrected chi connectivity index (χ1v) is 8.86. The predicted molar refractivity (Wildman–Crippen MR) is 85.9 cm³/mol. The number of rotatable bonds is 1. The Morgan fingerprint density at radius 3 is 2.64 bits per heavy atom. The molecule has 1 spiro atoms. The minimum absolute atomic E-state index is 0.0541. The summed E-state index contributed by atoms with van der Waals surface area (Å²) in [6, 6.07) is 0. The second-order valence-corrected chi connectivity index (χ2v) is 7.81. The molecule has 25 heavy (non-hydrogen) atoms. The Bertz CT molecular complexity index is 719. The van der Waals surface area contributed by atoms with Gasteiger partial charge in [0.1, 0.15) is 6.10 Å². The lowest BCUT2D eigenvalue weighted by Gasteiger charge is -2.49. The van der Waals surface area contributed by atoms with Gasteiger partial charge >= 0.3 is 11.9 Å². The molecule has 2 fully saturated rings. The molecule has 0 amide bonds. The van der Waals surface area contributed by atoms with Crippen molar-refractivity contribution in [1.82, 2.24) is 0 Å². The van der Waals surface area contributed by atoms with Gasteiger partial charge in [0.25, 0.3) is 0 Å². The number of ketones is 1. The van der Waals surface area contributed by atoms with Gasteiger partial charge in [0, 0.05) is 12.8 Å². The maximum atomic E-state index is 13.0. The van der Waals surface area contributed by atoms with Crippen LogP contribution in [0.1, 0.15) is 39.5 Å². The molecule has 2 aliphatic carbocycles. The van der Waals surface area contributed by atoms with E-state index in [0.29, 0.717) is 12.8 Å². The van der Waals surface area contributed by atoms with Crippen LogP contribution in [0.15, 0.2) is 23.3 Å². The molecule has 134 valence electrons. The Morgan fingerprint density at radius 2 is 1.96 bits per heavy atom. The molecule has 0 aromatic carbocycles. The van der Waals surface area contributed by atoms with Crippen molar-refractivity contribution in [2.75, 3.05) is 0 Å². The Balaban J connectivity index is 1.71. The summed E-state index contributed by atoms with van der Waals surface area (Å²) >= 11 is 0. The van der Waals surface area contributed by atoms with Crippen LogP contribution < -0.4 is 0 Å². The number of cyclic esters (lactones) is 2.